The number of nitrogens with one attached hydrogen (secondary N) is 2. The summed E-state index contributed by atoms with van der Waals surface area (Å²) in [5.41, 5.74) is 3.29. The Morgan fingerprint density at radius 3 is 2.85 bits per heavy atom. The number of hydrogen-bond donors (Lipinski definition) is 2. The predicted octanol–water partition coefficient (Wildman–Crippen LogP) is 4.26. The van der Waals surface area contributed by atoms with Crippen molar-refractivity contribution >= 4 is 28.8 Å². The van der Waals surface area contributed by atoms with Crippen molar-refractivity contribution in [2.75, 3.05) is 11.9 Å². The summed E-state index contributed by atoms with van der Waals surface area (Å²) in [4.78, 5) is 26.9. The van der Waals surface area contributed by atoms with Crippen LogP contribution in [0.25, 0.3) is 0 Å². The fourth-order valence-corrected chi connectivity index (χ4v) is 5.11. The highest BCUT2D eigenvalue weighted by molar-refractivity contribution is 7.14. The van der Waals surface area contributed by atoms with E-state index in [-0.39, 0.29) is 17.7 Å². The average Bonchev–Trinajstić information content (AvgIpc) is 3.15. The number of carbonyl (C=O) groups excluding carboxylic acids is 2. The Labute approximate surface area is 158 Å². The van der Waals surface area contributed by atoms with Gasteiger partial charge in [0.25, 0.3) is 5.91 Å². The van der Waals surface area contributed by atoms with Crippen molar-refractivity contribution in [2.45, 2.75) is 50.9 Å². The number of benzene rings is 1. The molecule has 1 aromatic heterocycles. The van der Waals surface area contributed by atoms with E-state index in [0.29, 0.717) is 13.0 Å². The van der Waals surface area contributed by atoms with E-state index in [1.807, 2.05) is 24.3 Å². The molecule has 1 unspecified atom stereocenters. The van der Waals surface area contributed by atoms with Crippen LogP contribution in [0.15, 0.2) is 30.3 Å². The molecule has 2 N–H and O–H groups in total. The number of amides is 2. The minimum atomic E-state index is -0.171. The molecule has 0 spiro atoms. The Morgan fingerprint density at radius 2 is 1.96 bits per heavy atom. The Morgan fingerprint density at radius 1 is 1.15 bits per heavy atom. The maximum atomic E-state index is 12.5. The van der Waals surface area contributed by atoms with Crippen molar-refractivity contribution in [1.82, 2.24) is 5.32 Å². The summed E-state index contributed by atoms with van der Waals surface area (Å²) in [6.07, 6.45) is 7.86. The van der Waals surface area contributed by atoms with Gasteiger partial charge >= 0.3 is 0 Å². The minimum absolute atomic E-state index is 0.00608. The Bertz CT molecular complexity index is 802. The van der Waals surface area contributed by atoms with Crippen molar-refractivity contribution in [1.29, 1.82) is 0 Å². The second-order valence-corrected chi connectivity index (χ2v) is 8.28. The summed E-state index contributed by atoms with van der Waals surface area (Å²) in [6, 6.07) is 9.86. The van der Waals surface area contributed by atoms with Gasteiger partial charge in [0.05, 0.1) is 10.8 Å². The van der Waals surface area contributed by atoms with Gasteiger partial charge in [0, 0.05) is 17.1 Å². The molecule has 4 nitrogen and oxygen atoms in total. The summed E-state index contributed by atoms with van der Waals surface area (Å²) >= 11 is 1.65. The van der Waals surface area contributed by atoms with E-state index in [9.17, 15) is 9.59 Å². The lowest BCUT2D eigenvalue weighted by Gasteiger charge is -2.09. The van der Waals surface area contributed by atoms with Crippen LogP contribution < -0.4 is 10.6 Å². The van der Waals surface area contributed by atoms with Crippen LogP contribution in [0.4, 0.5) is 5.69 Å². The monoisotopic (exact) mass is 368 g/mol. The molecule has 2 amide bonds. The van der Waals surface area contributed by atoms with Gasteiger partial charge in [-0.1, -0.05) is 31.0 Å². The van der Waals surface area contributed by atoms with Gasteiger partial charge in [-0.05, 0) is 55.4 Å². The van der Waals surface area contributed by atoms with Crippen LogP contribution in [0.2, 0.25) is 0 Å². The van der Waals surface area contributed by atoms with Crippen molar-refractivity contribution < 1.29 is 9.59 Å². The molecule has 0 bridgehead atoms. The molecule has 2 aromatic rings. The number of carbonyl (C=O) groups is 2. The van der Waals surface area contributed by atoms with Crippen molar-refractivity contribution in [3.8, 4) is 0 Å². The zero-order chi connectivity index (χ0) is 17.9. The highest BCUT2D eigenvalue weighted by atomic mass is 32.1. The van der Waals surface area contributed by atoms with Gasteiger partial charge in [-0.3, -0.25) is 9.59 Å². The number of thiophene rings is 1. The smallest absolute Gasteiger partial charge is 0.261 e. The lowest BCUT2D eigenvalue weighted by molar-refractivity contribution is -0.117. The Kier molecular flexibility index (Phi) is 5.07. The maximum Gasteiger partial charge on any atom is 0.261 e. The van der Waals surface area contributed by atoms with Crippen LogP contribution in [0, 0.1) is 0 Å². The van der Waals surface area contributed by atoms with Crippen LogP contribution >= 0.6 is 11.3 Å². The zero-order valence-corrected chi connectivity index (χ0v) is 15.7. The maximum absolute atomic E-state index is 12.5. The number of aryl methyl sites for hydroxylation is 2. The van der Waals surface area contributed by atoms with Crippen molar-refractivity contribution in [3.63, 3.8) is 0 Å². The number of fused-ring (bicyclic) bond motifs is 2. The van der Waals surface area contributed by atoms with E-state index in [4.69, 9.17) is 0 Å². The first-order chi connectivity index (χ1) is 12.7. The third kappa shape index (κ3) is 3.54. The van der Waals surface area contributed by atoms with Crippen LogP contribution in [0.1, 0.15) is 63.7 Å². The molecule has 2 heterocycles. The van der Waals surface area contributed by atoms with E-state index >= 15 is 0 Å². The first-order valence-corrected chi connectivity index (χ1v) is 10.3. The molecule has 0 saturated heterocycles. The lowest BCUT2D eigenvalue weighted by atomic mass is 9.97. The minimum Gasteiger partial charge on any atom is -0.351 e. The molecule has 5 heteroatoms. The number of para-hydroxylation sites is 1. The average molecular weight is 369 g/mol. The van der Waals surface area contributed by atoms with Gasteiger partial charge in [0.15, 0.2) is 0 Å². The Hall–Kier alpha value is -2.14. The van der Waals surface area contributed by atoms with Gasteiger partial charge in [-0.15, -0.1) is 11.3 Å². The molecule has 0 saturated carbocycles. The fraction of sp³-hybridized carbons (Fsp3) is 0.429. The number of anilines is 1. The molecule has 0 radical (unpaired) electrons. The summed E-state index contributed by atoms with van der Waals surface area (Å²) < 4.78 is 0. The summed E-state index contributed by atoms with van der Waals surface area (Å²) in [6.45, 7) is 0.508. The number of hydrogen-bond acceptors (Lipinski definition) is 3. The van der Waals surface area contributed by atoms with E-state index in [1.54, 1.807) is 11.3 Å². The molecule has 1 aliphatic heterocycles. The van der Waals surface area contributed by atoms with E-state index < -0.39 is 0 Å². The first-order valence-electron chi connectivity index (χ1n) is 9.52. The molecule has 1 aliphatic carbocycles. The molecule has 136 valence electrons. The topological polar surface area (TPSA) is 58.2 Å². The van der Waals surface area contributed by atoms with Crippen LogP contribution in [-0.2, 0) is 17.6 Å². The third-order valence-electron chi connectivity index (χ3n) is 5.35. The quantitative estimate of drug-likeness (QED) is 0.847. The molecular weight excluding hydrogens is 344 g/mol. The Balaban J connectivity index is 1.36. The van der Waals surface area contributed by atoms with E-state index in [2.05, 4.69) is 16.7 Å². The molecule has 0 fully saturated rings. The largest absolute Gasteiger partial charge is 0.351 e. The summed E-state index contributed by atoms with van der Waals surface area (Å²) in [5.74, 6) is -0.150. The standard InChI is InChI=1S/C21H24N2O2S/c24-20-16(15-8-5-6-9-17(15)23-20)11-12-22-21(25)19-13-14-7-3-1-2-4-10-18(14)26-19/h5-6,8-9,13,16H,1-4,7,10-12H2,(H,22,25)(H,23,24). The summed E-state index contributed by atoms with van der Waals surface area (Å²) in [5, 5.41) is 5.92. The van der Waals surface area contributed by atoms with Crippen LogP contribution in [-0.4, -0.2) is 18.4 Å². The molecular formula is C21H24N2O2S. The van der Waals surface area contributed by atoms with Gasteiger partial charge in [-0.2, -0.15) is 0 Å². The third-order valence-corrected chi connectivity index (χ3v) is 6.59. The fourth-order valence-electron chi connectivity index (χ4n) is 3.94. The second-order valence-electron chi connectivity index (χ2n) is 7.15. The van der Waals surface area contributed by atoms with Crippen LogP contribution in [0.5, 0.6) is 0 Å². The van der Waals surface area contributed by atoms with Crippen molar-refractivity contribution in [3.05, 3.63) is 51.2 Å². The molecule has 4 rings (SSSR count). The molecule has 2 aliphatic rings. The van der Waals surface area contributed by atoms with Gasteiger partial charge in [0.2, 0.25) is 5.91 Å². The predicted molar refractivity (Wildman–Crippen MR) is 105 cm³/mol. The van der Waals surface area contributed by atoms with Gasteiger partial charge in [0.1, 0.15) is 0 Å². The summed E-state index contributed by atoms with van der Waals surface area (Å²) in [7, 11) is 0. The van der Waals surface area contributed by atoms with Gasteiger partial charge in [-0.25, -0.2) is 0 Å². The first kappa shape index (κ1) is 17.3. The lowest BCUT2D eigenvalue weighted by Crippen LogP contribution is -2.26. The van der Waals surface area contributed by atoms with E-state index in [0.717, 1.165) is 29.0 Å². The second kappa shape index (κ2) is 7.62. The highest BCUT2D eigenvalue weighted by Gasteiger charge is 2.29. The van der Waals surface area contributed by atoms with Crippen LogP contribution in [0.3, 0.4) is 0 Å². The van der Waals surface area contributed by atoms with E-state index in [1.165, 1.54) is 36.1 Å². The molecule has 26 heavy (non-hydrogen) atoms. The molecule has 1 aromatic carbocycles. The zero-order valence-electron chi connectivity index (χ0n) is 14.8. The number of rotatable bonds is 4. The SMILES string of the molecule is O=C(NCCC1C(=O)Nc2ccccc21)c1cc2c(s1)CCCCCC2. The normalized spacial score (nSPS) is 19.1. The van der Waals surface area contributed by atoms with Gasteiger partial charge < -0.3 is 10.6 Å². The highest BCUT2D eigenvalue weighted by Crippen LogP contribution is 2.34. The molecule has 1 atom stereocenters. The van der Waals surface area contributed by atoms with Crippen molar-refractivity contribution in [2.24, 2.45) is 0 Å².